The van der Waals surface area contributed by atoms with Crippen molar-refractivity contribution in [1.82, 2.24) is 0 Å². The molecule has 0 amide bonds. The summed E-state index contributed by atoms with van der Waals surface area (Å²) in [7, 11) is 1.41. The summed E-state index contributed by atoms with van der Waals surface area (Å²) in [4.78, 5) is 21.6. The number of carbonyl (C=O) groups is 1. The third-order valence-electron chi connectivity index (χ3n) is 2.48. The van der Waals surface area contributed by atoms with Crippen molar-refractivity contribution in [3.05, 3.63) is 28.3 Å². The van der Waals surface area contributed by atoms with Crippen molar-refractivity contribution < 1.29 is 19.2 Å². The Labute approximate surface area is 97.3 Å². The van der Waals surface area contributed by atoms with Gasteiger partial charge < -0.3 is 9.47 Å². The van der Waals surface area contributed by atoms with Gasteiger partial charge in [-0.2, -0.15) is 0 Å². The lowest BCUT2D eigenvalue weighted by molar-refractivity contribution is -0.385. The fourth-order valence-electron chi connectivity index (χ4n) is 1.36. The molecule has 1 saturated carbocycles. The lowest BCUT2D eigenvalue weighted by Crippen LogP contribution is -2.11. The predicted octanol–water partition coefficient (Wildman–Crippen LogP) is 1.92. The van der Waals surface area contributed by atoms with Gasteiger partial charge in [0.1, 0.15) is 5.75 Å². The molecule has 1 aliphatic carbocycles. The summed E-state index contributed by atoms with van der Waals surface area (Å²) in [5.74, 6) is -0.189. The Morgan fingerprint density at radius 1 is 1.47 bits per heavy atom. The number of rotatable bonds is 4. The molecule has 90 valence electrons. The summed E-state index contributed by atoms with van der Waals surface area (Å²) in [6.45, 7) is 0. The van der Waals surface area contributed by atoms with Crippen molar-refractivity contribution in [1.29, 1.82) is 0 Å². The van der Waals surface area contributed by atoms with E-state index in [4.69, 9.17) is 9.47 Å². The highest BCUT2D eigenvalue weighted by molar-refractivity contribution is 5.78. The maximum absolute atomic E-state index is 11.4. The van der Waals surface area contributed by atoms with Crippen LogP contribution in [0, 0.1) is 16.0 Å². The van der Waals surface area contributed by atoms with Crippen LogP contribution >= 0.6 is 0 Å². The van der Waals surface area contributed by atoms with Gasteiger partial charge in [0, 0.05) is 0 Å². The minimum atomic E-state index is -0.599. The molecule has 0 N–H and O–H groups in total. The Hall–Kier alpha value is -2.11. The van der Waals surface area contributed by atoms with Crippen molar-refractivity contribution in [2.75, 3.05) is 7.11 Å². The van der Waals surface area contributed by atoms with Gasteiger partial charge in [0.15, 0.2) is 0 Å². The van der Waals surface area contributed by atoms with E-state index in [-0.39, 0.29) is 17.4 Å². The number of hydrogen-bond acceptors (Lipinski definition) is 5. The van der Waals surface area contributed by atoms with E-state index < -0.39 is 10.9 Å². The molecule has 1 aliphatic rings. The van der Waals surface area contributed by atoms with Gasteiger partial charge in [0.25, 0.3) is 0 Å². The molecule has 0 spiro atoms. The Balaban J connectivity index is 2.25. The molecule has 0 radical (unpaired) electrons. The summed E-state index contributed by atoms with van der Waals surface area (Å²) in [5, 5.41) is 10.8. The maximum Gasteiger partial charge on any atom is 0.315 e. The van der Waals surface area contributed by atoms with Gasteiger partial charge in [-0.05, 0) is 25.0 Å². The molecule has 0 aromatic heterocycles. The summed E-state index contributed by atoms with van der Waals surface area (Å²) >= 11 is 0. The van der Waals surface area contributed by atoms with Crippen LogP contribution in [0.3, 0.4) is 0 Å². The molecule has 1 aromatic carbocycles. The number of carbonyl (C=O) groups excluding carboxylic acids is 1. The third-order valence-corrected chi connectivity index (χ3v) is 2.48. The van der Waals surface area contributed by atoms with Crippen molar-refractivity contribution in [2.45, 2.75) is 12.8 Å². The van der Waals surface area contributed by atoms with Gasteiger partial charge in [-0.1, -0.05) is 0 Å². The molecule has 0 saturated heterocycles. The van der Waals surface area contributed by atoms with Gasteiger partial charge in [-0.15, -0.1) is 0 Å². The second-order valence-electron chi connectivity index (χ2n) is 3.79. The number of nitrogens with zero attached hydrogens (tertiary/aromatic N) is 1. The molecular weight excluding hydrogens is 226 g/mol. The predicted molar refractivity (Wildman–Crippen MR) is 58.0 cm³/mol. The molecule has 2 rings (SSSR count). The zero-order valence-corrected chi connectivity index (χ0v) is 9.21. The van der Waals surface area contributed by atoms with E-state index in [2.05, 4.69) is 0 Å². The number of hydrogen-bond donors (Lipinski definition) is 0. The number of nitro benzene ring substituents is 1. The summed E-state index contributed by atoms with van der Waals surface area (Å²) in [6, 6.07) is 4.12. The zero-order chi connectivity index (χ0) is 12.4. The van der Waals surface area contributed by atoms with Gasteiger partial charge in [-0.25, -0.2) is 0 Å². The van der Waals surface area contributed by atoms with Gasteiger partial charge >= 0.3 is 11.7 Å². The normalized spacial score (nSPS) is 14.2. The second kappa shape index (κ2) is 4.40. The first-order valence-corrected chi connectivity index (χ1v) is 5.16. The molecule has 6 nitrogen and oxygen atoms in total. The Morgan fingerprint density at radius 2 is 2.18 bits per heavy atom. The zero-order valence-electron chi connectivity index (χ0n) is 9.21. The lowest BCUT2D eigenvalue weighted by Gasteiger charge is -2.05. The topological polar surface area (TPSA) is 78.7 Å². The quantitative estimate of drug-likeness (QED) is 0.346. The number of benzene rings is 1. The summed E-state index contributed by atoms with van der Waals surface area (Å²) < 4.78 is 9.87. The second-order valence-corrected chi connectivity index (χ2v) is 3.79. The molecule has 0 unspecified atom stereocenters. The van der Waals surface area contributed by atoms with Crippen LogP contribution < -0.4 is 9.47 Å². The number of esters is 1. The fraction of sp³-hybridized carbons (Fsp3) is 0.364. The van der Waals surface area contributed by atoms with Crippen LogP contribution in [0.25, 0.3) is 0 Å². The molecule has 0 aliphatic heterocycles. The highest BCUT2D eigenvalue weighted by Gasteiger charge is 2.33. The van der Waals surface area contributed by atoms with Crippen molar-refractivity contribution in [2.24, 2.45) is 5.92 Å². The van der Waals surface area contributed by atoms with E-state index in [1.54, 1.807) is 0 Å². The van der Waals surface area contributed by atoms with E-state index >= 15 is 0 Å². The van der Waals surface area contributed by atoms with Crippen molar-refractivity contribution in [3.8, 4) is 11.5 Å². The van der Waals surface area contributed by atoms with Gasteiger partial charge in [-0.3, -0.25) is 14.9 Å². The van der Waals surface area contributed by atoms with Crippen LogP contribution in [-0.4, -0.2) is 18.0 Å². The first-order chi connectivity index (χ1) is 8.11. The summed E-state index contributed by atoms with van der Waals surface area (Å²) in [6.07, 6.45) is 1.59. The Morgan fingerprint density at radius 3 is 2.71 bits per heavy atom. The average molecular weight is 237 g/mol. The van der Waals surface area contributed by atoms with E-state index in [9.17, 15) is 14.9 Å². The maximum atomic E-state index is 11.4. The molecule has 1 aromatic rings. The van der Waals surface area contributed by atoms with Gasteiger partial charge in [0.05, 0.1) is 24.0 Å². The van der Waals surface area contributed by atoms with Crippen LogP contribution in [0.4, 0.5) is 5.69 Å². The van der Waals surface area contributed by atoms with E-state index in [0.717, 1.165) is 12.8 Å². The molecule has 6 heteroatoms. The SMILES string of the molecule is COc1ccc(OC(=O)C2CC2)c([N+](=O)[O-])c1. The van der Waals surface area contributed by atoms with Crippen LogP contribution in [-0.2, 0) is 4.79 Å². The van der Waals surface area contributed by atoms with Crippen LogP contribution in [0.5, 0.6) is 11.5 Å². The first-order valence-electron chi connectivity index (χ1n) is 5.16. The minimum Gasteiger partial charge on any atom is -0.496 e. The number of methoxy groups -OCH3 is 1. The minimum absolute atomic E-state index is 0.0345. The standard InChI is InChI=1S/C11H11NO5/c1-16-8-4-5-10(9(6-8)12(14)15)17-11(13)7-2-3-7/h4-7H,2-3H2,1H3. The monoisotopic (exact) mass is 237 g/mol. The molecule has 17 heavy (non-hydrogen) atoms. The smallest absolute Gasteiger partial charge is 0.315 e. The molecule has 0 bridgehead atoms. The Bertz CT molecular complexity index is 467. The van der Waals surface area contributed by atoms with Crippen molar-refractivity contribution >= 4 is 11.7 Å². The molecule has 0 heterocycles. The molecular formula is C11H11NO5. The van der Waals surface area contributed by atoms with Crippen molar-refractivity contribution in [3.63, 3.8) is 0 Å². The third kappa shape index (κ3) is 2.52. The largest absolute Gasteiger partial charge is 0.496 e. The van der Waals surface area contributed by atoms with Crippen LogP contribution in [0.1, 0.15) is 12.8 Å². The van der Waals surface area contributed by atoms with Gasteiger partial charge in [0.2, 0.25) is 5.75 Å². The number of nitro groups is 1. The summed E-state index contributed by atoms with van der Waals surface area (Å²) in [5.41, 5.74) is -0.265. The Kier molecular flexibility index (Phi) is 2.95. The van der Waals surface area contributed by atoms with E-state index in [0.29, 0.717) is 5.75 Å². The molecule has 1 fully saturated rings. The van der Waals surface area contributed by atoms with E-state index in [1.807, 2.05) is 0 Å². The lowest BCUT2D eigenvalue weighted by atomic mass is 10.3. The average Bonchev–Trinajstić information content (AvgIpc) is 3.13. The highest BCUT2D eigenvalue weighted by Crippen LogP contribution is 2.35. The number of ether oxygens (including phenoxy) is 2. The first kappa shape index (κ1) is 11.4. The highest BCUT2D eigenvalue weighted by atomic mass is 16.6. The van der Waals surface area contributed by atoms with E-state index in [1.165, 1.54) is 25.3 Å². The fourth-order valence-corrected chi connectivity index (χ4v) is 1.36. The van der Waals surface area contributed by atoms with Crippen LogP contribution in [0.15, 0.2) is 18.2 Å². The molecule has 0 atom stereocenters. The van der Waals surface area contributed by atoms with Crippen LogP contribution in [0.2, 0.25) is 0 Å².